The number of carbonyl (C=O) groups is 2. The Bertz CT molecular complexity index is 741. The van der Waals surface area contributed by atoms with Crippen molar-refractivity contribution in [3.05, 3.63) is 41.3 Å². The summed E-state index contributed by atoms with van der Waals surface area (Å²) in [6.45, 7) is 2.11. The fourth-order valence-electron chi connectivity index (χ4n) is 2.84. The van der Waals surface area contributed by atoms with E-state index in [1.54, 1.807) is 34.3 Å². The van der Waals surface area contributed by atoms with Crippen LogP contribution in [0, 0.1) is 0 Å². The van der Waals surface area contributed by atoms with Crippen molar-refractivity contribution in [1.82, 2.24) is 25.4 Å². The Morgan fingerprint density at radius 1 is 1.32 bits per heavy atom. The van der Waals surface area contributed by atoms with Crippen molar-refractivity contribution in [3.8, 4) is 0 Å². The number of pyridine rings is 1. The molecule has 3 amide bonds. The quantitative estimate of drug-likeness (QED) is 0.843. The number of nitrogens with one attached hydrogen (secondary N) is 2. The number of nitrogens with zero attached hydrogens (tertiary/aromatic N) is 4. The normalized spacial score (nSPS) is 16.8. The first-order chi connectivity index (χ1) is 10.7. The smallest absolute Gasteiger partial charge is 0.323 e. The molecule has 112 valence electrons. The zero-order chi connectivity index (χ0) is 15.1. The van der Waals surface area contributed by atoms with E-state index < -0.39 is 0 Å². The molecule has 0 aliphatic carbocycles. The molecule has 0 aromatic carbocycles. The molecule has 0 radical (unpaired) electrons. The Morgan fingerprint density at radius 2 is 2.23 bits per heavy atom. The topological polar surface area (TPSA) is 94.2 Å². The molecule has 22 heavy (non-hydrogen) atoms. The van der Waals surface area contributed by atoms with Gasteiger partial charge in [-0.25, -0.2) is 4.79 Å². The Balaban J connectivity index is 1.58. The van der Waals surface area contributed by atoms with Crippen LogP contribution in [0.25, 0.3) is 0 Å². The van der Waals surface area contributed by atoms with Crippen molar-refractivity contribution in [2.24, 2.45) is 0 Å². The van der Waals surface area contributed by atoms with Crippen LogP contribution in [0.3, 0.4) is 0 Å². The monoisotopic (exact) mass is 298 g/mol. The second kappa shape index (κ2) is 4.83. The molecular formula is C14H14N6O2. The average Bonchev–Trinajstić information content (AvgIpc) is 3.22. The van der Waals surface area contributed by atoms with E-state index in [9.17, 15) is 9.59 Å². The SMILES string of the molecule is O=C(c1cccnc1)N1Cc2[nH]nc(N3CCNC3=O)c2C1. The third-order valence-corrected chi connectivity index (χ3v) is 3.94. The second-order valence-electron chi connectivity index (χ2n) is 5.29. The van der Waals surface area contributed by atoms with Gasteiger partial charge in [0.1, 0.15) is 0 Å². The lowest BCUT2D eigenvalue weighted by Gasteiger charge is -2.17. The van der Waals surface area contributed by atoms with E-state index in [1.165, 1.54) is 0 Å². The molecular weight excluding hydrogens is 284 g/mol. The molecule has 4 rings (SSSR count). The molecule has 1 fully saturated rings. The maximum Gasteiger partial charge on any atom is 0.323 e. The second-order valence-corrected chi connectivity index (χ2v) is 5.29. The maximum absolute atomic E-state index is 12.5. The number of urea groups is 1. The predicted octanol–water partition coefficient (Wildman–Crippen LogP) is 0.490. The summed E-state index contributed by atoms with van der Waals surface area (Å²) in [6, 6.07) is 3.34. The fourth-order valence-corrected chi connectivity index (χ4v) is 2.84. The number of amides is 3. The van der Waals surface area contributed by atoms with Crippen molar-refractivity contribution in [3.63, 3.8) is 0 Å². The molecule has 8 nitrogen and oxygen atoms in total. The van der Waals surface area contributed by atoms with Crippen molar-refractivity contribution in [1.29, 1.82) is 0 Å². The first kappa shape index (κ1) is 12.8. The van der Waals surface area contributed by atoms with Gasteiger partial charge in [0, 0.05) is 31.0 Å². The number of rotatable bonds is 2. The molecule has 0 bridgehead atoms. The van der Waals surface area contributed by atoms with E-state index in [2.05, 4.69) is 20.5 Å². The summed E-state index contributed by atoms with van der Waals surface area (Å²) in [5, 5.41) is 9.92. The highest BCUT2D eigenvalue weighted by Gasteiger charge is 2.33. The molecule has 0 saturated carbocycles. The van der Waals surface area contributed by atoms with E-state index in [0.29, 0.717) is 37.6 Å². The van der Waals surface area contributed by atoms with Crippen molar-refractivity contribution >= 4 is 17.8 Å². The zero-order valence-corrected chi connectivity index (χ0v) is 11.7. The summed E-state index contributed by atoms with van der Waals surface area (Å²) in [6.07, 6.45) is 3.19. The van der Waals surface area contributed by atoms with Crippen LogP contribution in [0.2, 0.25) is 0 Å². The summed E-state index contributed by atoms with van der Waals surface area (Å²) in [5.74, 6) is 0.543. The standard InChI is InChI=1S/C14H14N6O2/c21-13(9-2-1-3-15-6-9)19-7-10-11(8-19)17-18-12(10)20-5-4-16-14(20)22/h1-3,6H,4-5,7-8H2,(H,16,22)(H,17,18). The fraction of sp³-hybridized carbons (Fsp3) is 0.286. The van der Waals surface area contributed by atoms with E-state index in [-0.39, 0.29) is 11.9 Å². The summed E-state index contributed by atoms with van der Waals surface area (Å²) >= 11 is 0. The van der Waals surface area contributed by atoms with Gasteiger partial charge >= 0.3 is 6.03 Å². The van der Waals surface area contributed by atoms with Crippen LogP contribution in [-0.2, 0) is 13.1 Å². The zero-order valence-electron chi connectivity index (χ0n) is 11.7. The first-order valence-corrected chi connectivity index (χ1v) is 7.05. The van der Waals surface area contributed by atoms with Crippen LogP contribution >= 0.6 is 0 Å². The van der Waals surface area contributed by atoms with Crippen molar-refractivity contribution in [2.75, 3.05) is 18.0 Å². The van der Waals surface area contributed by atoms with Gasteiger partial charge in [-0.15, -0.1) is 0 Å². The predicted molar refractivity (Wildman–Crippen MR) is 77.1 cm³/mol. The van der Waals surface area contributed by atoms with Crippen LogP contribution in [0.15, 0.2) is 24.5 Å². The van der Waals surface area contributed by atoms with Crippen LogP contribution in [0.4, 0.5) is 10.6 Å². The molecule has 0 atom stereocenters. The van der Waals surface area contributed by atoms with Gasteiger partial charge in [-0.1, -0.05) is 0 Å². The largest absolute Gasteiger partial charge is 0.336 e. The highest BCUT2D eigenvalue weighted by Crippen LogP contribution is 2.30. The number of aromatic amines is 1. The molecule has 8 heteroatoms. The van der Waals surface area contributed by atoms with E-state index in [4.69, 9.17) is 0 Å². The summed E-state index contributed by atoms with van der Waals surface area (Å²) in [5.41, 5.74) is 2.35. The molecule has 0 unspecified atom stereocenters. The number of anilines is 1. The number of carbonyl (C=O) groups excluding carboxylic acids is 2. The number of hydrogen-bond donors (Lipinski definition) is 2. The Hall–Kier alpha value is -2.90. The number of aromatic nitrogens is 3. The van der Waals surface area contributed by atoms with Gasteiger partial charge in [0.25, 0.3) is 5.91 Å². The molecule has 0 spiro atoms. The highest BCUT2D eigenvalue weighted by atomic mass is 16.2. The molecule has 2 aliphatic heterocycles. The molecule has 4 heterocycles. The minimum Gasteiger partial charge on any atom is -0.336 e. The molecule has 2 aliphatic rings. The Labute approximate surface area is 126 Å². The maximum atomic E-state index is 12.5. The minimum atomic E-state index is -0.147. The lowest BCUT2D eigenvalue weighted by molar-refractivity contribution is 0.0749. The lowest BCUT2D eigenvalue weighted by Crippen LogP contribution is -2.30. The molecule has 1 saturated heterocycles. The summed E-state index contributed by atoms with van der Waals surface area (Å²) < 4.78 is 0. The summed E-state index contributed by atoms with van der Waals surface area (Å²) in [4.78, 5) is 31.6. The van der Waals surface area contributed by atoms with Gasteiger partial charge in [-0.05, 0) is 12.1 Å². The van der Waals surface area contributed by atoms with Gasteiger partial charge in [-0.3, -0.25) is 19.8 Å². The Morgan fingerprint density at radius 3 is 2.95 bits per heavy atom. The molecule has 2 N–H and O–H groups in total. The van der Waals surface area contributed by atoms with Crippen molar-refractivity contribution in [2.45, 2.75) is 13.1 Å². The minimum absolute atomic E-state index is 0.0745. The van der Waals surface area contributed by atoms with Gasteiger partial charge in [0.05, 0.1) is 24.3 Å². The highest BCUT2D eigenvalue weighted by molar-refractivity contribution is 5.96. The lowest BCUT2D eigenvalue weighted by atomic mass is 10.2. The number of fused-ring (bicyclic) bond motifs is 1. The van der Waals surface area contributed by atoms with Gasteiger partial charge in [-0.2, -0.15) is 5.10 Å². The third-order valence-electron chi connectivity index (χ3n) is 3.94. The van der Waals surface area contributed by atoms with Crippen LogP contribution in [0.1, 0.15) is 21.6 Å². The number of hydrogen-bond acceptors (Lipinski definition) is 4. The molecule has 2 aromatic rings. The van der Waals surface area contributed by atoms with Crippen LogP contribution < -0.4 is 10.2 Å². The van der Waals surface area contributed by atoms with E-state index in [0.717, 1.165) is 11.3 Å². The number of H-pyrrole nitrogens is 1. The van der Waals surface area contributed by atoms with Crippen molar-refractivity contribution < 1.29 is 9.59 Å². The molecule has 2 aromatic heterocycles. The third kappa shape index (κ3) is 1.92. The average molecular weight is 298 g/mol. The Kier molecular flexibility index (Phi) is 2.81. The summed E-state index contributed by atoms with van der Waals surface area (Å²) in [7, 11) is 0. The van der Waals surface area contributed by atoms with Crippen LogP contribution in [0.5, 0.6) is 0 Å². The van der Waals surface area contributed by atoms with Gasteiger partial charge in [0.2, 0.25) is 0 Å². The van der Waals surface area contributed by atoms with Gasteiger partial charge in [0.15, 0.2) is 5.82 Å². The van der Waals surface area contributed by atoms with E-state index in [1.807, 2.05) is 0 Å². The van der Waals surface area contributed by atoms with E-state index >= 15 is 0 Å². The first-order valence-electron chi connectivity index (χ1n) is 7.05. The van der Waals surface area contributed by atoms with Crippen LogP contribution in [-0.4, -0.2) is 45.1 Å². The van der Waals surface area contributed by atoms with Gasteiger partial charge < -0.3 is 10.2 Å².